The smallest absolute Gasteiger partial charge is 0.343 e. The number of benzene rings is 3. The first kappa shape index (κ1) is 18.2. The first-order valence-electron chi connectivity index (χ1n) is 7.48. The average Bonchev–Trinajstić information content (AvgIpc) is 2.61. The number of carbonyl (C=O) groups is 2. The molecular formula is C21H20O4. The summed E-state index contributed by atoms with van der Waals surface area (Å²) in [5.41, 5.74) is 1.10. The van der Waals surface area contributed by atoms with E-state index in [2.05, 4.69) is 0 Å². The third-order valence-corrected chi connectivity index (χ3v) is 3.75. The van der Waals surface area contributed by atoms with Gasteiger partial charge in [-0.25, -0.2) is 4.79 Å². The number of Topliss-reactive ketones (excluding diaryl/α,β-unsaturated/α-hetero) is 1. The van der Waals surface area contributed by atoms with Crippen molar-refractivity contribution in [1.82, 2.24) is 0 Å². The lowest BCUT2D eigenvalue weighted by atomic mass is 10.0. The minimum Gasteiger partial charge on any atom is -0.497 e. The third-order valence-electron chi connectivity index (χ3n) is 3.75. The Balaban J connectivity index is 0.00000225. The van der Waals surface area contributed by atoms with Gasteiger partial charge >= 0.3 is 5.97 Å². The Kier molecular flexibility index (Phi) is 5.55. The Bertz CT molecular complexity index is 911. The Morgan fingerprint density at radius 3 is 1.96 bits per heavy atom. The van der Waals surface area contributed by atoms with E-state index in [1.54, 1.807) is 49.6 Å². The highest BCUT2D eigenvalue weighted by Gasteiger charge is 2.09. The number of esters is 1. The van der Waals surface area contributed by atoms with Crippen LogP contribution in [0.25, 0.3) is 10.8 Å². The third kappa shape index (κ3) is 4.04. The van der Waals surface area contributed by atoms with E-state index >= 15 is 0 Å². The minimum absolute atomic E-state index is 0. The molecule has 0 heterocycles. The van der Waals surface area contributed by atoms with Crippen molar-refractivity contribution in [3.8, 4) is 11.5 Å². The largest absolute Gasteiger partial charge is 0.497 e. The van der Waals surface area contributed by atoms with Crippen molar-refractivity contribution in [2.45, 2.75) is 14.4 Å². The summed E-state index contributed by atoms with van der Waals surface area (Å²) < 4.78 is 10.5. The van der Waals surface area contributed by atoms with Crippen LogP contribution in [0.5, 0.6) is 11.5 Å². The van der Waals surface area contributed by atoms with Crippen LogP contribution in [0.15, 0.2) is 60.7 Å². The van der Waals surface area contributed by atoms with Crippen LogP contribution in [0.3, 0.4) is 0 Å². The number of methoxy groups -OCH3 is 1. The fourth-order valence-corrected chi connectivity index (χ4v) is 2.40. The van der Waals surface area contributed by atoms with E-state index in [4.69, 9.17) is 9.47 Å². The van der Waals surface area contributed by atoms with Gasteiger partial charge < -0.3 is 9.47 Å². The molecule has 0 saturated carbocycles. The number of hydrogen-bond donors (Lipinski definition) is 0. The molecule has 0 bridgehead atoms. The van der Waals surface area contributed by atoms with Gasteiger partial charge in [0.05, 0.1) is 12.7 Å². The van der Waals surface area contributed by atoms with Crippen molar-refractivity contribution >= 4 is 22.5 Å². The molecule has 0 aliphatic heterocycles. The molecule has 4 heteroatoms. The number of rotatable bonds is 4. The topological polar surface area (TPSA) is 52.6 Å². The lowest BCUT2D eigenvalue weighted by Crippen LogP contribution is -2.08. The molecule has 3 aromatic rings. The molecule has 4 nitrogen and oxygen atoms in total. The number of ketones is 1. The first-order chi connectivity index (χ1) is 11.6. The Morgan fingerprint density at radius 2 is 1.32 bits per heavy atom. The molecule has 0 amide bonds. The Hall–Kier alpha value is -3.14. The van der Waals surface area contributed by atoms with E-state index < -0.39 is 5.97 Å². The van der Waals surface area contributed by atoms with E-state index in [1.165, 1.54) is 6.92 Å². The van der Waals surface area contributed by atoms with Gasteiger partial charge in [0.1, 0.15) is 11.5 Å². The molecule has 0 saturated heterocycles. The molecule has 0 atom stereocenters. The molecular weight excluding hydrogens is 316 g/mol. The standard InChI is InChI=1S/C20H16O4.CH4/c1-13(21)15-3-4-17-12-19(10-7-16(17)11-15)24-20(22)14-5-8-18(23-2)9-6-14;/h3-12H,1-2H3;1H4. The van der Waals surface area contributed by atoms with Crippen LogP contribution in [0, 0.1) is 0 Å². The minimum atomic E-state index is -0.433. The van der Waals surface area contributed by atoms with Crippen LogP contribution < -0.4 is 9.47 Å². The van der Waals surface area contributed by atoms with Crippen LogP contribution in [-0.4, -0.2) is 18.9 Å². The van der Waals surface area contributed by atoms with Crippen molar-refractivity contribution < 1.29 is 19.1 Å². The van der Waals surface area contributed by atoms with Crippen LogP contribution in [0.2, 0.25) is 0 Å². The zero-order valence-corrected chi connectivity index (χ0v) is 13.4. The van der Waals surface area contributed by atoms with E-state index in [0.29, 0.717) is 22.6 Å². The number of carbonyl (C=O) groups excluding carboxylic acids is 2. The van der Waals surface area contributed by atoms with Crippen LogP contribution in [-0.2, 0) is 0 Å². The van der Waals surface area contributed by atoms with Crippen LogP contribution in [0.1, 0.15) is 35.1 Å². The molecule has 3 rings (SSSR count). The summed E-state index contributed by atoms with van der Waals surface area (Å²) in [5, 5.41) is 1.83. The monoisotopic (exact) mass is 336 g/mol. The molecule has 3 aromatic carbocycles. The fraction of sp³-hybridized carbons (Fsp3) is 0.143. The summed E-state index contributed by atoms with van der Waals surface area (Å²) in [5.74, 6) is 0.724. The van der Waals surface area contributed by atoms with Crippen molar-refractivity contribution in [3.63, 3.8) is 0 Å². The first-order valence-corrected chi connectivity index (χ1v) is 7.48. The summed E-state index contributed by atoms with van der Waals surface area (Å²) in [6, 6.07) is 17.5. The van der Waals surface area contributed by atoms with Crippen molar-refractivity contribution in [2.75, 3.05) is 7.11 Å². The van der Waals surface area contributed by atoms with Gasteiger partial charge in [-0.1, -0.05) is 25.6 Å². The molecule has 0 fully saturated rings. The highest BCUT2D eigenvalue weighted by molar-refractivity contribution is 5.99. The number of hydrogen-bond acceptors (Lipinski definition) is 4. The van der Waals surface area contributed by atoms with Crippen LogP contribution in [0.4, 0.5) is 0 Å². The normalized spacial score (nSPS) is 10.0. The highest BCUT2D eigenvalue weighted by atomic mass is 16.5. The van der Waals surface area contributed by atoms with Crippen molar-refractivity contribution in [1.29, 1.82) is 0 Å². The van der Waals surface area contributed by atoms with Gasteiger partial charge in [0.15, 0.2) is 5.78 Å². The molecule has 0 aliphatic rings. The number of fused-ring (bicyclic) bond motifs is 1. The fourth-order valence-electron chi connectivity index (χ4n) is 2.40. The lowest BCUT2D eigenvalue weighted by Gasteiger charge is -2.07. The average molecular weight is 336 g/mol. The predicted octanol–water partition coefficient (Wildman–Crippen LogP) is 4.91. The van der Waals surface area contributed by atoms with Crippen molar-refractivity contribution in [2.24, 2.45) is 0 Å². The van der Waals surface area contributed by atoms with Gasteiger partial charge in [0, 0.05) is 5.56 Å². The summed E-state index contributed by atoms with van der Waals surface area (Å²) in [4.78, 5) is 23.6. The van der Waals surface area contributed by atoms with E-state index in [-0.39, 0.29) is 13.2 Å². The van der Waals surface area contributed by atoms with E-state index in [9.17, 15) is 9.59 Å². The second-order valence-electron chi connectivity index (χ2n) is 5.40. The molecule has 0 radical (unpaired) electrons. The Morgan fingerprint density at radius 1 is 0.760 bits per heavy atom. The van der Waals surface area contributed by atoms with E-state index in [1.807, 2.05) is 18.2 Å². The second-order valence-corrected chi connectivity index (χ2v) is 5.40. The molecule has 0 N–H and O–H groups in total. The van der Waals surface area contributed by atoms with Crippen LogP contribution >= 0.6 is 0 Å². The van der Waals surface area contributed by atoms with Gasteiger partial charge in [-0.05, 0) is 60.2 Å². The summed E-state index contributed by atoms with van der Waals surface area (Å²) in [6.07, 6.45) is 0. The maximum atomic E-state index is 12.2. The maximum Gasteiger partial charge on any atom is 0.343 e. The SMILES string of the molecule is C.COc1ccc(C(=O)Oc2ccc3cc(C(C)=O)ccc3c2)cc1. The van der Waals surface area contributed by atoms with E-state index in [0.717, 1.165) is 10.8 Å². The number of ether oxygens (including phenoxy) is 2. The van der Waals surface area contributed by atoms with Crippen molar-refractivity contribution in [3.05, 3.63) is 71.8 Å². The molecule has 128 valence electrons. The Labute approximate surface area is 147 Å². The molecule has 0 aliphatic carbocycles. The van der Waals surface area contributed by atoms with Gasteiger partial charge in [-0.2, -0.15) is 0 Å². The van der Waals surface area contributed by atoms with Gasteiger partial charge in [-0.15, -0.1) is 0 Å². The lowest BCUT2D eigenvalue weighted by molar-refractivity contribution is 0.0734. The van der Waals surface area contributed by atoms with Gasteiger partial charge in [0.2, 0.25) is 0 Å². The molecule has 25 heavy (non-hydrogen) atoms. The zero-order chi connectivity index (χ0) is 17.1. The van der Waals surface area contributed by atoms with Gasteiger partial charge in [0.25, 0.3) is 0 Å². The maximum absolute atomic E-state index is 12.2. The quantitative estimate of drug-likeness (QED) is 0.386. The second kappa shape index (κ2) is 7.62. The summed E-state index contributed by atoms with van der Waals surface area (Å²) in [7, 11) is 1.57. The zero-order valence-electron chi connectivity index (χ0n) is 13.4. The molecule has 0 unspecified atom stereocenters. The molecule has 0 aromatic heterocycles. The summed E-state index contributed by atoms with van der Waals surface area (Å²) in [6.45, 7) is 1.53. The summed E-state index contributed by atoms with van der Waals surface area (Å²) >= 11 is 0. The highest BCUT2D eigenvalue weighted by Crippen LogP contribution is 2.23. The predicted molar refractivity (Wildman–Crippen MR) is 98.6 cm³/mol. The molecule has 0 spiro atoms. The van der Waals surface area contributed by atoms with Gasteiger partial charge in [-0.3, -0.25) is 4.79 Å².